The second-order valence-corrected chi connectivity index (χ2v) is 12.2. The number of aliphatic hydroxyl groups excluding tert-OH is 3. The summed E-state index contributed by atoms with van der Waals surface area (Å²) in [7, 11) is 0. The number of carbonyl (C=O) groups excluding carboxylic acids is 1. The monoisotopic (exact) mass is 466 g/mol. The van der Waals surface area contributed by atoms with Gasteiger partial charge >= 0.3 is 5.97 Å². The molecule has 4 aliphatic rings. The number of fused-ring (bicyclic) bond motifs is 5. The fourth-order valence-electron chi connectivity index (χ4n) is 8.95. The quantitative estimate of drug-likeness (QED) is 0.383. The lowest BCUT2D eigenvalue weighted by atomic mass is 9.43. The lowest BCUT2D eigenvalue weighted by Gasteiger charge is -2.63. The topological polar surface area (TPSA) is 127 Å². The maximum absolute atomic E-state index is 12.0. The molecular weight excluding hydrogens is 423 g/mol. The highest BCUT2D eigenvalue weighted by Crippen LogP contribution is 2.68. The average Bonchev–Trinajstić information content (AvgIpc) is 3.11. The summed E-state index contributed by atoms with van der Waals surface area (Å²) in [4.78, 5) is 22.7. The predicted molar refractivity (Wildman–Crippen MR) is 123 cm³/mol. The van der Waals surface area contributed by atoms with Crippen molar-refractivity contribution in [3.05, 3.63) is 0 Å². The van der Waals surface area contributed by atoms with Crippen molar-refractivity contribution in [3.63, 3.8) is 0 Å². The first kappa shape index (κ1) is 24.9. The van der Waals surface area contributed by atoms with Gasteiger partial charge in [0.25, 0.3) is 0 Å². The summed E-state index contributed by atoms with van der Waals surface area (Å²) in [5.74, 6) is 0.265. The van der Waals surface area contributed by atoms with Crippen molar-refractivity contribution in [2.45, 2.75) is 96.9 Å². The number of nitrogens with one attached hydrogen (secondary N) is 1. The zero-order valence-electron chi connectivity index (χ0n) is 20.4. The first-order valence-electron chi connectivity index (χ1n) is 13.0. The van der Waals surface area contributed by atoms with E-state index in [0.717, 1.165) is 38.5 Å². The number of carbonyl (C=O) groups is 2. The molecule has 11 atom stereocenters. The van der Waals surface area contributed by atoms with Crippen LogP contribution in [0, 0.1) is 46.3 Å². The normalized spacial score (nSPS) is 47.7. The fourth-order valence-corrected chi connectivity index (χ4v) is 8.95. The Balaban J connectivity index is 1.49. The number of aliphatic carboxylic acids is 1. The number of aliphatic hydroxyl groups is 3. The second-order valence-electron chi connectivity index (χ2n) is 12.2. The van der Waals surface area contributed by atoms with Gasteiger partial charge < -0.3 is 25.7 Å². The maximum atomic E-state index is 12.0. The van der Waals surface area contributed by atoms with Crippen LogP contribution in [0.15, 0.2) is 0 Å². The van der Waals surface area contributed by atoms with Crippen molar-refractivity contribution in [1.82, 2.24) is 5.32 Å². The van der Waals surface area contributed by atoms with E-state index in [4.69, 9.17) is 5.11 Å². The van der Waals surface area contributed by atoms with Gasteiger partial charge in [0.05, 0.1) is 18.3 Å². The number of hydrogen-bond acceptors (Lipinski definition) is 5. The molecule has 0 aliphatic heterocycles. The van der Waals surface area contributed by atoms with Gasteiger partial charge in [0.2, 0.25) is 5.91 Å². The average molecular weight is 467 g/mol. The van der Waals surface area contributed by atoms with Gasteiger partial charge in [0.15, 0.2) is 0 Å². The minimum Gasteiger partial charge on any atom is -0.480 e. The molecule has 0 unspecified atom stereocenters. The Morgan fingerprint density at radius 3 is 2.45 bits per heavy atom. The van der Waals surface area contributed by atoms with Crippen LogP contribution in [-0.4, -0.2) is 57.2 Å². The largest absolute Gasteiger partial charge is 0.480 e. The molecule has 4 saturated carbocycles. The molecule has 0 radical (unpaired) electrons. The molecule has 0 saturated heterocycles. The van der Waals surface area contributed by atoms with E-state index in [9.17, 15) is 24.9 Å². The smallest absolute Gasteiger partial charge is 0.322 e. The van der Waals surface area contributed by atoms with E-state index in [-0.39, 0.29) is 65.1 Å². The molecule has 5 N–H and O–H groups in total. The third kappa shape index (κ3) is 4.23. The van der Waals surface area contributed by atoms with E-state index in [1.807, 2.05) is 0 Å². The molecule has 0 spiro atoms. The van der Waals surface area contributed by atoms with Gasteiger partial charge in [-0.2, -0.15) is 0 Å². The summed E-state index contributed by atoms with van der Waals surface area (Å²) in [5, 5.41) is 44.4. The van der Waals surface area contributed by atoms with E-state index in [0.29, 0.717) is 25.2 Å². The van der Waals surface area contributed by atoms with Gasteiger partial charge in [-0.3, -0.25) is 9.59 Å². The predicted octanol–water partition coefficient (Wildman–Crippen LogP) is 2.56. The van der Waals surface area contributed by atoms with Crippen LogP contribution in [0.3, 0.4) is 0 Å². The highest BCUT2D eigenvalue weighted by molar-refractivity contribution is 5.81. The van der Waals surface area contributed by atoms with Crippen LogP contribution < -0.4 is 5.32 Å². The third-order valence-electron chi connectivity index (χ3n) is 10.8. The van der Waals surface area contributed by atoms with E-state index in [1.54, 1.807) is 0 Å². The highest BCUT2D eigenvalue weighted by Gasteiger charge is 2.65. The standard InChI is InChI=1S/C26H43NO6/c1-14(4-7-22(31)27-13-23(32)33)17-5-6-18-24-19(12-21(30)26(17,18)3)25(2)9-8-16(28)10-15(25)11-20(24)29/h14-21,24,28-30H,4-13H2,1-3H3,(H,27,31)(H,32,33)/t14-,15+,16-,17-,18+,19+,20-,21+,24+,25+,26-/m1/s1/i23+1. The number of amides is 1. The summed E-state index contributed by atoms with van der Waals surface area (Å²) in [6, 6.07) is 0. The Hall–Kier alpha value is -1.18. The summed E-state index contributed by atoms with van der Waals surface area (Å²) >= 11 is 0. The number of carboxylic acid groups (broad SMARTS) is 1. The van der Waals surface area contributed by atoms with Crippen LogP contribution in [0.1, 0.15) is 78.6 Å². The zero-order valence-corrected chi connectivity index (χ0v) is 20.4. The second kappa shape index (κ2) is 9.12. The molecule has 7 heteroatoms. The van der Waals surface area contributed by atoms with Crippen molar-refractivity contribution < 1.29 is 30.0 Å². The Morgan fingerprint density at radius 1 is 1.03 bits per heavy atom. The summed E-state index contributed by atoms with van der Waals surface area (Å²) in [6.07, 6.45) is 5.86. The molecular formula is C26H43NO6. The molecule has 4 fully saturated rings. The van der Waals surface area contributed by atoms with Crippen LogP contribution in [0.2, 0.25) is 0 Å². The van der Waals surface area contributed by atoms with E-state index >= 15 is 0 Å². The lowest BCUT2D eigenvalue weighted by Crippen LogP contribution is -2.62. The fraction of sp³-hybridized carbons (Fsp3) is 0.923. The molecule has 4 aliphatic carbocycles. The zero-order chi connectivity index (χ0) is 24.1. The molecule has 7 nitrogen and oxygen atoms in total. The van der Waals surface area contributed by atoms with Crippen LogP contribution in [0.5, 0.6) is 0 Å². The SMILES string of the molecule is C[C@H](CCC(=O)NC[13C](=O)O)[C@H]1CC[C@H]2[C@@H]3[C@H](O)C[C@@H]4C[C@H](O)CC[C@]4(C)[C@H]3C[C@H](O)[C@]12C. The molecule has 188 valence electrons. The molecule has 0 heterocycles. The Labute approximate surface area is 197 Å². The highest BCUT2D eigenvalue weighted by atomic mass is 16.5. The minimum absolute atomic E-state index is 0.0668. The van der Waals surface area contributed by atoms with E-state index in [2.05, 4.69) is 26.1 Å². The number of carboxylic acids is 1. The molecule has 0 aromatic carbocycles. The van der Waals surface area contributed by atoms with Gasteiger partial charge in [-0.05, 0) is 97.7 Å². The first-order chi connectivity index (χ1) is 15.5. The van der Waals surface area contributed by atoms with Crippen molar-refractivity contribution in [2.75, 3.05) is 6.54 Å². The summed E-state index contributed by atoms with van der Waals surface area (Å²) in [6.45, 7) is 6.35. The van der Waals surface area contributed by atoms with Gasteiger partial charge in [-0.25, -0.2) is 0 Å². The van der Waals surface area contributed by atoms with Crippen molar-refractivity contribution in [2.24, 2.45) is 46.3 Å². The van der Waals surface area contributed by atoms with Gasteiger partial charge in [0.1, 0.15) is 6.54 Å². The van der Waals surface area contributed by atoms with Crippen LogP contribution >= 0.6 is 0 Å². The van der Waals surface area contributed by atoms with Crippen molar-refractivity contribution in [1.29, 1.82) is 0 Å². The van der Waals surface area contributed by atoms with Crippen LogP contribution in [-0.2, 0) is 9.59 Å². The Morgan fingerprint density at radius 2 is 1.76 bits per heavy atom. The van der Waals surface area contributed by atoms with Gasteiger partial charge in [-0.15, -0.1) is 0 Å². The van der Waals surface area contributed by atoms with Crippen LogP contribution in [0.4, 0.5) is 0 Å². The molecule has 1 amide bonds. The Bertz CT molecular complexity index is 759. The maximum Gasteiger partial charge on any atom is 0.322 e. The molecule has 0 bridgehead atoms. The molecule has 4 rings (SSSR count). The molecule has 0 aromatic heterocycles. The van der Waals surface area contributed by atoms with Crippen molar-refractivity contribution >= 4 is 11.9 Å². The van der Waals surface area contributed by atoms with Gasteiger partial charge in [-0.1, -0.05) is 20.8 Å². The first-order valence-corrected chi connectivity index (χ1v) is 13.0. The number of rotatable bonds is 6. The Kier molecular flexibility index (Phi) is 6.89. The van der Waals surface area contributed by atoms with Gasteiger partial charge in [0, 0.05) is 6.42 Å². The summed E-state index contributed by atoms with van der Waals surface area (Å²) < 4.78 is 0. The third-order valence-corrected chi connectivity index (χ3v) is 10.8. The number of hydrogen-bond donors (Lipinski definition) is 5. The molecule has 33 heavy (non-hydrogen) atoms. The lowest BCUT2D eigenvalue weighted by molar-refractivity contribution is -0.207. The minimum atomic E-state index is -1.04. The summed E-state index contributed by atoms with van der Waals surface area (Å²) in [5.41, 5.74) is -0.214. The van der Waals surface area contributed by atoms with Crippen LogP contribution in [0.25, 0.3) is 0 Å². The van der Waals surface area contributed by atoms with E-state index < -0.39 is 12.1 Å². The molecule has 0 aromatic rings. The van der Waals surface area contributed by atoms with E-state index in [1.165, 1.54) is 0 Å². The van der Waals surface area contributed by atoms with Crippen molar-refractivity contribution in [3.8, 4) is 0 Å².